The molecular weight excluding hydrogens is 364 g/mol. The number of nitrogens with two attached hydrogens (primary N) is 1. The van der Waals surface area contributed by atoms with Crippen molar-refractivity contribution in [2.75, 3.05) is 38.5 Å². The lowest BCUT2D eigenvalue weighted by Gasteiger charge is -2.20. The molecule has 0 saturated carbocycles. The fourth-order valence-electron chi connectivity index (χ4n) is 3.45. The number of anilines is 1. The Labute approximate surface area is 163 Å². The van der Waals surface area contributed by atoms with Crippen LogP contribution in [0.15, 0.2) is 36.5 Å². The maximum Gasteiger partial charge on any atom is 0.301 e. The number of hydrogen-bond donors (Lipinski definition) is 3. The lowest BCUT2D eigenvalue weighted by Crippen LogP contribution is -2.35. The molecule has 2 atom stereocenters. The van der Waals surface area contributed by atoms with E-state index in [-0.39, 0.29) is 17.7 Å². The van der Waals surface area contributed by atoms with E-state index in [0.29, 0.717) is 19.0 Å². The van der Waals surface area contributed by atoms with Gasteiger partial charge >= 0.3 is 5.92 Å². The summed E-state index contributed by atoms with van der Waals surface area (Å²) in [6.45, 7) is 3.83. The number of nitrogen functional groups attached to an aromatic ring is 1. The Balaban J connectivity index is 1.41. The van der Waals surface area contributed by atoms with Gasteiger partial charge in [-0.15, -0.1) is 0 Å². The minimum absolute atomic E-state index is 0.0293. The van der Waals surface area contributed by atoms with Crippen molar-refractivity contribution in [3.63, 3.8) is 0 Å². The Morgan fingerprint density at radius 3 is 2.93 bits per heavy atom. The molecule has 3 heterocycles. The number of ether oxygens (including phenoxy) is 1. The van der Waals surface area contributed by atoms with E-state index in [2.05, 4.69) is 20.6 Å². The van der Waals surface area contributed by atoms with Crippen LogP contribution in [-0.4, -0.2) is 48.9 Å². The summed E-state index contributed by atoms with van der Waals surface area (Å²) in [6, 6.07) is 8.39. The molecule has 6 nitrogen and oxygen atoms in total. The molecule has 0 amide bonds. The van der Waals surface area contributed by atoms with E-state index in [1.807, 2.05) is 19.1 Å². The zero-order valence-electron chi connectivity index (χ0n) is 16.0. The molecule has 1 fully saturated rings. The Morgan fingerprint density at radius 2 is 2.18 bits per heavy atom. The zero-order chi connectivity index (χ0) is 20.0. The van der Waals surface area contributed by atoms with Gasteiger partial charge in [0, 0.05) is 37.4 Å². The molecule has 0 bridgehead atoms. The van der Waals surface area contributed by atoms with E-state index in [1.54, 1.807) is 12.1 Å². The molecule has 0 aromatic carbocycles. The van der Waals surface area contributed by atoms with Crippen LogP contribution in [0.2, 0.25) is 0 Å². The highest BCUT2D eigenvalue weighted by Crippen LogP contribution is 2.24. The van der Waals surface area contributed by atoms with Gasteiger partial charge in [0.15, 0.2) is 0 Å². The number of alkyl halides is 2. The highest BCUT2D eigenvalue weighted by molar-refractivity contribution is 5.34. The molecule has 1 aliphatic rings. The first kappa shape index (κ1) is 20.6. The summed E-state index contributed by atoms with van der Waals surface area (Å²) >= 11 is 0. The zero-order valence-corrected chi connectivity index (χ0v) is 16.0. The summed E-state index contributed by atoms with van der Waals surface area (Å²) in [6.07, 6.45) is 2.17. The van der Waals surface area contributed by atoms with Gasteiger partial charge in [-0.3, -0.25) is 4.98 Å². The first-order chi connectivity index (χ1) is 13.4. The van der Waals surface area contributed by atoms with Crippen molar-refractivity contribution in [3.05, 3.63) is 53.5 Å². The SMILES string of the molecule is Cc1cc(N)nc(CC2CNC[C@@H]2OCCNCC(F)(F)c2ccccn2)c1. The van der Waals surface area contributed by atoms with Crippen LogP contribution >= 0.6 is 0 Å². The summed E-state index contributed by atoms with van der Waals surface area (Å²) in [4.78, 5) is 8.12. The van der Waals surface area contributed by atoms with Crippen molar-refractivity contribution in [1.82, 2.24) is 20.6 Å². The van der Waals surface area contributed by atoms with Gasteiger partial charge < -0.3 is 21.1 Å². The van der Waals surface area contributed by atoms with Gasteiger partial charge in [0.2, 0.25) is 0 Å². The van der Waals surface area contributed by atoms with Gasteiger partial charge in [-0.05, 0) is 43.2 Å². The van der Waals surface area contributed by atoms with Gasteiger partial charge in [0.25, 0.3) is 0 Å². The van der Waals surface area contributed by atoms with Gasteiger partial charge in [0.1, 0.15) is 11.5 Å². The molecule has 0 radical (unpaired) electrons. The number of hydrogen-bond acceptors (Lipinski definition) is 6. The fraction of sp³-hybridized carbons (Fsp3) is 0.500. The van der Waals surface area contributed by atoms with Gasteiger partial charge in [0.05, 0.1) is 19.3 Å². The molecule has 1 unspecified atom stereocenters. The van der Waals surface area contributed by atoms with Crippen molar-refractivity contribution < 1.29 is 13.5 Å². The number of aromatic nitrogens is 2. The van der Waals surface area contributed by atoms with Crippen LogP contribution in [0.25, 0.3) is 0 Å². The lowest BCUT2D eigenvalue weighted by atomic mass is 9.99. The van der Waals surface area contributed by atoms with Crippen molar-refractivity contribution in [2.24, 2.45) is 5.92 Å². The van der Waals surface area contributed by atoms with Crippen LogP contribution in [0.1, 0.15) is 17.0 Å². The van der Waals surface area contributed by atoms with Crippen molar-refractivity contribution in [1.29, 1.82) is 0 Å². The van der Waals surface area contributed by atoms with E-state index in [1.165, 1.54) is 12.3 Å². The van der Waals surface area contributed by atoms with Crippen molar-refractivity contribution >= 4 is 5.82 Å². The third kappa shape index (κ3) is 5.67. The molecule has 2 aromatic heterocycles. The monoisotopic (exact) mass is 391 g/mol. The Kier molecular flexibility index (Phi) is 6.88. The standard InChI is InChI=1S/C20H27F2N5O/c1-14-8-16(27-19(23)9-14)10-15-11-25-12-17(15)28-7-6-24-13-20(21,22)18-4-2-3-5-26-18/h2-5,8-9,15,17,24-25H,6-7,10-13H2,1H3,(H2,23,27)/t15?,17-/m0/s1. The summed E-state index contributed by atoms with van der Waals surface area (Å²) in [5, 5.41) is 6.09. The maximum absolute atomic E-state index is 14.1. The normalized spacial score (nSPS) is 19.8. The quantitative estimate of drug-likeness (QED) is 0.566. The topological polar surface area (TPSA) is 85.1 Å². The number of halogens is 2. The number of pyridine rings is 2. The number of aryl methyl sites for hydroxylation is 1. The Hall–Kier alpha value is -2.16. The van der Waals surface area contributed by atoms with E-state index in [0.717, 1.165) is 30.8 Å². The predicted octanol–water partition coefficient (Wildman–Crippen LogP) is 1.90. The predicted molar refractivity (Wildman–Crippen MR) is 104 cm³/mol. The Bertz CT molecular complexity index is 739. The third-order valence-electron chi connectivity index (χ3n) is 4.79. The van der Waals surface area contributed by atoms with Crippen LogP contribution in [0.3, 0.4) is 0 Å². The second kappa shape index (κ2) is 9.36. The molecule has 0 spiro atoms. The summed E-state index contributed by atoms with van der Waals surface area (Å²) in [5.74, 6) is -2.20. The first-order valence-electron chi connectivity index (χ1n) is 9.49. The van der Waals surface area contributed by atoms with Gasteiger partial charge in [-0.2, -0.15) is 8.78 Å². The van der Waals surface area contributed by atoms with Crippen LogP contribution in [0.5, 0.6) is 0 Å². The van der Waals surface area contributed by atoms with Crippen molar-refractivity contribution in [3.8, 4) is 0 Å². The van der Waals surface area contributed by atoms with Crippen LogP contribution in [0.4, 0.5) is 14.6 Å². The second-order valence-corrected chi connectivity index (χ2v) is 7.19. The molecular formula is C20H27F2N5O. The molecule has 2 aromatic rings. The molecule has 0 aliphatic carbocycles. The smallest absolute Gasteiger partial charge is 0.301 e. The largest absolute Gasteiger partial charge is 0.384 e. The molecule has 4 N–H and O–H groups in total. The number of nitrogens with zero attached hydrogens (tertiary/aromatic N) is 2. The van der Waals surface area contributed by atoms with Crippen LogP contribution in [-0.2, 0) is 17.1 Å². The van der Waals surface area contributed by atoms with Crippen molar-refractivity contribution in [2.45, 2.75) is 25.4 Å². The maximum atomic E-state index is 14.1. The van der Waals surface area contributed by atoms with E-state index >= 15 is 0 Å². The number of nitrogens with one attached hydrogen (secondary N) is 2. The minimum atomic E-state index is -3.00. The Morgan fingerprint density at radius 1 is 1.32 bits per heavy atom. The van der Waals surface area contributed by atoms with E-state index in [9.17, 15) is 8.78 Å². The molecule has 28 heavy (non-hydrogen) atoms. The van der Waals surface area contributed by atoms with Crippen LogP contribution < -0.4 is 16.4 Å². The second-order valence-electron chi connectivity index (χ2n) is 7.19. The lowest BCUT2D eigenvalue weighted by molar-refractivity contribution is -0.0119. The highest BCUT2D eigenvalue weighted by Gasteiger charge is 2.32. The van der Waals surface area contributed by atoms with Gasteiger partial charge in [-0.25, -0.2) is 4.98 Å². The van der Waals surface area contributed by atoms with Crippen LogP contribution in [0, 0.1) is 12.8 Å². The van der Waals surface area contributed by atoms with E-state index < -0.39 is 12.5 Å². The summed E-state index contributed by atoms with van der Waals surface area (Å²) in [7, 11) is 0. The average molecular weight is 391 g/mol. The summed E-state index contributed by atoms with van der Waals surface area (Å²) < 4.78 is 34.0. The first-order valence-corrected chi connectivity index (χ1v) is 9.49. The molecule has 3 rings (SSSR count). The fourth-order valence-corrected chi connectivity index (χ4v) is 3.45. The average Bonchev–Trinajstić information content (AvgIpc) is 3.08. The minimum Gasteiger partial charge on any atom is -0.384 e. The van der Waals surface area contributed by atoms with E-state index in [4.69, 9.17) is 10.5 Å². The summed E-state index contributed by atoms with van der Waals surface area (Å²) in [5.41, 5.74) is 7.64. The molecule has 152 valence electrons. The van der Waals surface area contributed by atoms with Gasteiger partial charge in [-0.1, -0.05) is 6.07 Å². The highest BCUT2D eigenvalue weighted by atomic mass is 19.3. The molecule has 8 heteroatoms. The molecule has 1 saturated heterocycles. The number of rotatable bonds is 9. The third-order valence-corrected chi connectivity index (χ3v) is 4.79. The molecule has 1 aliphatic heterocycles.